The Bertz CT molecular complexity index is 656. The molecule has 1 heterocycles. The van der Waals surface area contributed by atoms with Crippen molar-refractivity contribution in [2.24, 2.45) is 0 Å². The number of benzene rings is 1. The molecule has 1 aromatic heterocycles. The lowest BCUT2D eigenvalue weighted by Gasteiger charge is -2.09. The number of rotatable bonds is 5. The normalized spacial score (nSPS) is 14.2. The first-order valence-corrected chi connectivity index (χ1v) is 7.87. The number of ether oxygens (including phenoxy) is 1. The van der Waals surface area contributed by atoms with Gasteiger partial charge < -0.3 is 10.1 Å². The predicted molar refractivity (Wildman–Crippen MR) is 86.3 cm³/mol. The van der Waals surface area contributed by atoms with E-state index in [1.54, 1.807) is 7.11 Å². The Kier molecular flexibility index (Phi) is 4.22. The van der Waals surface area contributed by atoms with Crippen LogP contribution >= 0.6 is 15.9 Å². The smallest absolute Gasteiger partial charge is 0.159 e. The van der Waals surface area contributed by atoms with Gasteiger partial charge in [0.15, 0.2) is 5.82 Å². The fraction of sp³-hybridized carbons (Fsp3) is 0.375. The second-order valence-corrected chi connectivity index (χ2v) is 6.18. The lowest BCUT2D eigenvalue weighted by molar-refractivity contribution is 0.412. The minimum atomic E-state index is 0.679. The zero-order chi connectivity index (χ0) is 14.8. The first-order chi connectivity index (χ1) is 10.2. The van der Waals surface area contributed by atoms with Crippen LogP contribution in [0, 0.1) is 6.92 Å². The Morgan fingerprint density at radius 1 is 1.29 bits per heavy atom. The third-order valence-electron chi connectivity index (χ3n) is 3.47. The molecular weight excluding hydrogens is 330 g/mol. The number of nitrogens with one attached hydrogen (secondary N) is 1. The van der Waals surface area contributed by atoms with E-state index < -0.39 is 0 Å². The van der Waals surface area contributed by atoms with Crippen LogP contribution in [0.2, 0.25) is 0 Å². The largest absolute Gasteiger partial charge is 0.496 e. The van der Waals surface area contributed by atoms with Crippen LogP contribution in [0.25, 0.3) is 11.4 Å². The monoisotopic (exact) mass is 347 g/mol. The van der Waals surface area contributed by atoms with Gasteiger partial charge in [-0.1, -0.05) is 0 Å². The number of nitrogens with zero attached hydrogens (tertiary/aromatic N) is 2. The van der Waals surface area contributed by atoms with E-state index in [4.69, 9.17) is 4.74 Å². The predicted octanol–water partition coefficient (Wildman–Crippen LogP) is 3.48. The highest BCUT2D eigenvalue weighted by molar-refractivity contribution is 9.10. The molecule has 0 saturated heterocycles. The van der Waals surface area contributed by atoms with E-state index in [1.807, 2.05) is 31.2 Å². The molecule has 0 amide bonds. The first kappa shape index (κ1) is 14.5. The Labute approximate surface area is 133 Å². The van der Waals surface area contributed by atoms with Crippen LogP contribution in [-0.2, 0) is 6.54 Å². The highest BCUT2D eigenvalue weighted by Crippen LogP contribution is 2.29. The summed E-state index contributed by atoms with van der Waals surface area (Å²) in [6.45, 7) is 2.81. The molecular formula is C16H18BrN3O. The van der Waals surface area contributed by atoms with Crippen molar-refractivity contribution < 1.29 is 4.74 Å². The molecule has 21 heavy (non-hydrogen) atoms. The van der Waals surface area contributed by atoms with E-state index >= 15 is 0 Å². The van der Waals surface area contributed by atoms with Crippen LogP contribution in [-0.4, -0.2) is 23.1 Å². The third-order valence-corrected chi connectivity index (χ3v) is 4.09. The van der Waals surface area contributed by atoms with Crippen molar-refractivity contribution in [3.63, 3.8) is 0 Å². The van der Waals surface area contributed by atoms with Gasteiger partial charge in [-0.2, -0.15) is 0 Å². The number of hydrogen-bond donors (Lipinski definition) is 1. The lowest BCUT2D eigenvalue weighted by atomic mass is 10.2. The average Bonchev–Trinajstić information content (AvgIpc) is 3.28. The van der Waals surface area contributed by atoms with Crippen molar-refractivity contribution in [2.75, 3.05) is 7.11 Å². The molecule has 0 aliphatic heterocycles. The summed E-state index contributed by atoms with van der Waals surface area (Å²) in [6.07, 6.45) is 2.56. The Morgan fingerprint density at radius 2 is 2.10 bits per heavy atom. The zero-order valence-electron chi connectivity index (χ0n) is 12.2. The molecule has 1 aliphatic carbocycles. The van der Waals surface area contributed by atoms with Crippen molar-refractivity contribution in [3.05, 3.63) is 40.1 Å². The molecule has 0 unspecified atom stereocenters. The van der Waals surface area contributed by atoms with Crippen LogP contribution in [0.3, 0.4) is 0 Å². The molecule has 1 N–H and O–H groups in total. The van der Waals surface area contributed by atoms with Crippen LogP contribution in [0.15, 0.2) is 28.7 Å². The molecule has 0 bridgehead atoms. The third kappa shape index (κ3) is 3.60. The van der Waals surface area contributed by atoms with Crippen LogP contribution in [0.5, 0.6) is 5.75 Å². The van der Waals surface area contributed by atoms with E-state index in [0.29, 0.717) is 6.04 Å². The zero-order valence-corrected chi connectivity index (χ0v) is 13.8. The maximum Gasteiger partial charge on any atom is 0.159 e. The summed E-state index contributed by atoms with van der Waals surface area (Å²) in [5.41, 5.74) is 3.01. The topological polar surface area (TPSA) is 47.0 Å². The van der Waals surface area contributed by atoms with E-state index in [0.717, 1.165) is 39.5 Å². The Morgan fingerprint density at radius 3 is 2.76 bits per heavy atom. The van der Waals surface area contributed by atoms with E-state index in [1.165, 1.54) is 12.8 Å². The Hall–Kier alpha value is -1.46. The average molecular weight is 348 g/mol. The van der Waals surface area contributed by atoms with Crippen LogP contribution in [0.1, 0.15) is 24.2 Å². The molecule has 5 heteroatoms. The number of aryl methyl sites for hydroxylation is 1. The SMILES string of the molecule is COc1ccc(-c2nc(C)cc(CNC3CC3)n2)cc1Br. The van der Waals surface area contributed by atoms with Crippen molar-refractivity contribution >= 4 is 15.9 Å². The van der Waals surface area contributed by atoms with Gasteiger partial charge in [-0.05, 0) is 60.0 Å². The molecule has 0 atom stereocenters. The van der Waals surface area contributed by atoms with E-state index in [-0.39, 0.29) is 0 Å². The molecule has 1 fully saturated rings. The summed E-state index contributed by atoms with van der Waals surface area (Å²) in [5, 5.41) is 3.49. The summed E-state index contributed by atoms with van der Waals surface area (Å²) in [4.78, 5) is 9.21. The van der Waals surface area contributed by atoms with Gasteiger partial charge in [0.05, 0.1) is 17.3 Å². The summed E-state index contributed by atoms with van der Waals surface area (Å²) in [6, 6.07) is 8.62. The molecule has 0 spiro atoms. The number of hydrogen-bond acceptors (Lipinski definition) is 4. The van der Waals surface area contributed by atoms with Gasteiger partial charge in [0.25, 0.3) is 0 Å². The van der Waals surface area contributed by atoms with E-state index in [9.17, 15) is 0 Å². The number of aromatic nitrogens is 2. The van der Waals surface area contributed by atoms with Crippen LogP contribution < -0.4 is 10.1 Å². The highest BCUT2D eigenvalue weighted by Gasteiger charge is 2.20. The highest BCUT2D eigenvalue weighted by atomic mass is 79.9. The maximum absolute atomic E-state index is 5.26. The van der Waals surface area contributed by atoms with Gasteiger partial charge in [-0.15, -0.1) is 0 Å². The quantitative estimate of drug-likeness (QED) is 0.899. The minimum absolute atomic E-state index is 0.679. The molecule has 3 rings (SSSR count). The molecule has 110 valence electrons. The van der Waals surface area contributed by atoms with Crippen molar-refractivity contribution in [1.82, 2.24) is 15.3 Å². The molecule has 4 nitrogen and oxygen atoms in total. The summed E-state index contributed by atoms with van der Waals surface area (Å²) < 4.78 is 6.17. The van der Waals surface area contributed by atoms with Gasteiger partial charge in [-0.3, -0.25) is 0 Å². The number of methoxy groups -OCH3 is 1. The van der Waals surface area contributed by atoms with Gasteiger partial charge >= 0.3 is 0 Å². The fourth-order valence-corrected chi connectivity index (χ4v) is 2.74. The van der Waals surface area contributed by atoms with Crippen LogP contribution in [0.4, 0.5) is 0 Å². The van der Waals surface area contributed by atoms with Gasteiger partial charge in [-0.25, -0.2) is 9.97 Å². The molecule has 0 radical (unpaired) electrons. The van der Waals surface area contributed by atoms with Crippen molar-refractivity contribution in [3.8, 4) is 17.1 Å². The van der Waals surface area contributed by atoms with Gasteiger partial charge in [0.2, 0.25) is 0 Å². The molecule has 2 aromatic rings. The minimum Gasteiger partial charge on any atom is -0.496 e. The maximum atomic E-state index is 5.26. The summed E-state index contributed by atoms with van der Waals surface area (Å²) >= 11 is 3.51. The standard InChI is InChI=1S/C16H18BrN3O/c1-10-7-13(9-18-12-4-5-12)20-16(19-10)11-3-6-15(21-2)14(17)8-11/h3,6-8,12,18H,4-5,9H2,1-2H3. The summed E-state index contributed by atoms with van der Waals surface area (Å²) in [7, 11) is 1.66. The summed E-state index contributed by atoms with van der Waals surface area (Å²) in [5.74, 6) is 1.56. The first-order valence-electron chi connectivity index (χ1n) is 7.07. The second-order valence-electron chi connectivity index (χ2n) is 5.33. The van der Waals surface area contributed by atoms with Crippen molar-refractivity contribution in [1.29, 1.82) is 0 Å². The lowest BCUT2D eigenvalue weighted by Crippen LogP contribution is -2.16. The van der Waals surface area contributed by atoms with Gasteiger partial charge in [0, 0.05) is 23.8 Å². The second kappa shape index (κ2) is 6.12. The molecule has 1 aromatic carbocycles. The molecule has 1 aliphatic rings. The van der Waals surface area contributed by atoms with Gasteiger partial charge in [0.1, 0.15) is 5.75 Å². The number of halogens is 1. The molecule has 1 saturated carbocycles. The van der Waals surface area contributed by atoms with Crippen molar-refractivity contribution in [2.45, 2.75) is 32.4 Å². The Balaban J connectivity index is 1.87. The fourth-order valence-electron chi connectivity index (χ4n) is 2.20. The van der Waals surface area contributed by atoms with E-state index in [2.05, 4.69) is 31.2 Å².